The molecule has 0 aliphatic heterocycles. The Balaban J connectivity index is 1.66. The van der Waals surface area contributed by atoms with Gasteiger partial charge in [0.2, 0.25) is 15.9 Å². The third-order valence-electron chi connectivity index (χ3n) is 3.99. The number of amides is 1. The molecule has 0 aromatic heterocycles. The molecule has 1 aromatic carbocycles. The van der Waals surface area contributed by atoms with Gasteiger partial charge in [-0.1, -0.05) is 31.4 Å². The Morgan fingerprint density at radius 3 is 2.43 bits per heavy atom. The number of benzene rings is 1. The summed E-state index contributed by atoms with van der Waals surface area (Å²) in [6, 6.07) is 6.43. The van der Waals surface area contributed by atoms with E-state index >= 15 is 0 Å². The van der Waals surface area contributed by atoms with Crippen molar-refractivity contribution in [3.8, 4) is 0 Å². The van der Waals surface area contributed by atoms with E-state index in [-0.39, 0.29) is 10.8 Å². The SMILES string of the molecule is NS(=O)(=O)c1ccc(CCNC(=O)CSC2CCCCC2)cc1. The lowest BCUT2D eigenvalue weighted by Crippen LogP contribution is -2.28. The van der Waals surface area contributed by atoms with Crippen LogP contribution in [0.25, 0.3) is 0 Å². The second kappa shape index (κ2) is 8.70. The van der Waals surface area contributed by atoms with E-state index in [4.69, 9.17) is 5.14 Å². The maximum atomic E-state index is 11.8. The van der Waals surface area contributed by atoms with Gasteiger partial charge in [-0.3, -0.25) is 4.79 Å². The summed E-state index contributed by atoms with van der Waals surface area (Å²) in [5.41, 5.74) is 0.970. The van der Waals surface area contributed by atoms with Crippen LogP contribution in [0.1, 0.15) is 37.7 Å². The fourth-order valence-electron chi connectivity index (χ4n) is 2.67. The number of hydrogen-bond acceptors (Lipinski definition) is 4. The van der Waals surface area contributed by atoms with E-state index in [1.165, 1.54) is 44.2 Å². The van der Waals surface area contributed by atoms with Crippen LogP contribution in [-0.4, -0.2) is 31.9 Å². The minimum atomic E-state index is -3.64. The highest BCUT2D eigenvalue weighted by Gasteiger charge is 2.15. The molecule has 0 atom stereocenters. The van der Waals surface area contributed by atoms with Gasteiger partial charge in [-0.2, -0.15) is 0 Å². The van der Waals surface area contributed by atoms with E-state index in [2.05, 4.69) is 5.32 Å². The third kappa shape index (κ3) is 6.53. The first kappa shape index (κ1) is 18.3. The van der Waals surface area contributed by atoms with Crippen molar-refractivity contribution in [3.05, 3.63) is 29.8 Å². The van der Waals surface area contributed by atoms with Crippen LogP contribution in [0, 0.1) is 0 Å². The second-order valence-electron chi connectivity index (χ2n) is 5.86. The quantitative estimate of drug-likeness (QED) is 0.782. The van der Waals surface area contributed by atoms with Gasteiger partial charge in [-0.15, -0.1) is 11.8 Å². The molecule has 3 N–H and O–H groups in total. The van der Waals surface area contributed by atoms with Crippen molar-refractivity contribution in [1.29, 1.82) is 0 Å². The fraction of sp³-hybridized carbons (Fsp3) is 0.562. The van der Waals surface area contributed by atoms with Crippen LogP contribution in [-0.2, 0) is 21.2 Å². The van der Waals surface area contributed by atoms with Crippen molar-refractivity contribution in [2.24, 2.45) is 5.14 Å². The van der Waals surface area contributed by atoms with Crippen LogP contribution >= 0.6 is 11.8 Å². The molecule has 1 fully saturated rings. The number of thioether (sulfide) groups is 1. The summed E-state index contributed by atoms with van der Waals surface area (Å²) in [6.45, 7) is 0.554. The first-order chi connectivity index (χ1) is 10.9. The Bertz CT molecular complexity index is 609. The average molecular weight is 357 g/mol. The number of carbonyl (C=O) groups excluding carboxylic acids is 1. The summed E-state index contributed by atoms with van der Waals surface area (Å²) in [6.07, 6.45) is 7.03. The van der Waals surface area contributed by atoms with Crippen LogP contribution in [0.15, 0.2) is 29.2 Å². The average Bonchev–Trinajstić information content (AvgIpc) is 2.53. The van der Waals surface area contributed by atoms with E-state index in [0.29, 0.717) is 24.0 Å². The molecule has 0 spiro atoms. The first-order valence-corrected chi connectivity index (χ1v) is 10.5. The number of nitrogens with two attached hydrogens (primary N) is 1. The van der Waals surface area contributed by atoms with E-state index in [0.717, 1.165) is 5.56 Å². The predicted molar refractivity (Wildman–Crippen MR) is 93.9 cm³/mol. The van der Waals surface area contributed by atoms with Crippen molar-refractivity contribution < 1.29 is 13.2 Å². The zero-order chi connectivity index (χ0) is 16.7. The van der Waals surface area contributed by atoms with Crippen LogP contribution in [0.2, 0.25) is 0 Å². The summed E-state index contributed by atoms with van der Waals surface area (Å²) >= 11 is 1.76. The lowest BCUT2D eigenvalue weighted by atomic mass is 10.0. The molecule has 5 nitrogen and oxygen atoms in total. The van der Waals surface area contributed by atoms with Gasteiger partial charge in [0, 0.05) is 11.8 Å². The first-order valence-electron chi connectivity index (χ1n) is 7.95. The van der Waals surface area contributed by atoms with Crippen LogP contribution in [0.5, 0.6) is 0 Å². The highest BCUT2D eigenvalue weighted by molar-refractivity contribution is 8.00. The molecule has 0 radical (unpaired) electrons. The van der Waals surface area contributed by atoms with E-state index in [1.807, 2.05) is 0 Å². The van der Waals surface area contributed by atoms with Crippen LogP contribution in [0.4, 0.5) is 0 Å². The molecule has 7 heteroatoms. The smallest absolute Gasteiger partial charge is 0.238 e. The van der Waals surface area contributed by atoms with Crippen LogP contribution in [0.3, 0.4) is 0 Å². The van der Waals surface area contributed by atoms with Gasteiger partial charge >= 0.3 is 0 Å². The highest BCUT2D eigenvalue weighted by Crippen LogP contribution is 2.27. The van der Waals surface area contributed by atoms with E-state index < -0.39 is 10.0 Å². The van der Waals surface area contributed by atoms with E-state index in [9.17, 15) is 13.2 Å². The predicted octanol–water partition coefficient (Wildman–Crippen LogP) is 2.06. The Kier molecular flexibility index (Phi) is 6.92. The maximum Gasteiger partial charge on any atom is 0.238 e. The number of rotatable bonds is 7. The second-order valence-corrected chi connectivity index (χ2v) is 8.71. The molecule has 23 heavy (non-hydrogen) atoms. The van der Waals surface area contributed by atoms with E-state index in [1.54, 1.807) is 23.9 Å². The van der Waals surface area contributed by atoms with Crippen molar-refractivity contribution in [1.82, 2.24) is 5.32 Å². The molecular formula is C16H24N2O3S2. The Hall–Kier alpha value is -1.05. The normalized spacial score (nSPS) is 16.2. The number of carbonyl (C=O) groups is 1. The Morgan fingerprint density at radius 1 is 1.17 bits per heavy atom. The summed E-state index contributed by atoms with van der Waals surface area (Å²) in [5, 5.41) is 8.61. The fourth-order valence-corrected chi connectivity index (χ4v) is 4.34. The number of sulfonamides is 1. The molecule has 0 saturated heterocycles. The summed E-state index contributed by atoms with van der Waals surface area (Å²) in [5.74, 6) is 0.594. The van der Waals surface area contributed by atoms with Crippen molar-refractivity contribution in [3.63, 3.8) is 0 Å². The molecule has 0 unspecified atom stereocenters. The highest BCUT2D eigenvalue weighted by atomic mass is 32.2. The lowest BCUT2D eigenvalue weighted by Gasteiger charge is -2.20. The van der Waals surface area contributed by atoms with Crippen LogP contribution < -0.4 is 10.5 Å². The minimum Gasteiger partial charge on any atom is -0.355 e. The van der Waals surface area contributed by atoms with Crippen molar-refractivity contribution in [2.75, 3.05) is 12.3 Å². The number of hydrogen-bond donors (Lipinski definition) is 2. The topological polar surface area (TPSA) is 89.3 Å². The molecule has 1 aliphatic carbocycles. The molecule has 0 heterocycles. The van der Waals surface area contributed by atoms with Gasteiger partial charge in [0.15, 0.2) is 0 Å². The molecule has 128 valence electrons. The lowest BCUT2D eigenvalue weighted by molar-refractivity contribution is -0.118. The summed E-state index contributed by atoms with van der Waals surface area (Å²) < 4.78 is 22.3. The molecule has 1 amide bonds. The standard InChI is InChI=1S/C16H24N2O3S2/c17-23(20,21)15-8-6-13(7-9-15)10-11-18-16(19)12-22-14-4-2-1-3-5-14/h6-9,14H,1-5,10-12H2,(H,18,19)(H2,17,20,21). The maximum absolute atomic E-state index is 11.8. The van der Waals surface area contributed by atoms with Gasteiger partial charge in [0.25, 0.3) is 0 Å². The molecule has 2 rings (SSSR count). The molecule has 1 aromatic rings. The number of primary sulfonamides is 1. The summed E-state index contributed by atoms with van der Waals surface area (Å²) in [4.78, 5) is 11.9. The molecule has 1 saturated carbocycles. The van der Waals surface area contributed by atoms with Crippen molar-refractivity contribution in [2.45, 2.75) is 48.7 Å². The van der Waals surface area contributed by atoms with Gasteiger partial charge in [0.1, 0.15) is 0 Å². The largest absolute Gasteiger partial charge is 0.355 e. The van der Waals surface area contributed by atoms with Gasteiger partial charge in [-0.25, -0.2) is 13.6 Å². The zero-order valence-corrected chi connectivity index (χ0v) is 14.8. The zero-order valence-electron chi connectivity index (χ0n) is 13.2. The monoisotopic (exact) mass is 356 g/mol. The van der Waals surface area contributed by atoms with Gasteiger partial charge in [-0.05, 0) is 37.0 Å². The number of nitrogens with one attached hydrogen (secondary N) is 1. The third-order valence-corrected chi connectivity index (χ3v) is 6.29. The van der Waals surface area contributed by atoms with Gasteiger partial charge < -0.3 is 5.32 Å². The Morgan fingerprint density at radius 2 is 1.83 bits per heavy atom. The van der Waals surface area contributed by atoms with Gasteiger partial charge in [0.05, 0.1) is 10.6 Å². The molecular weight excluding hydrogens is 332 g/mol. The Labute approximate surface area is 142 Å². The summed E-state index contributed by atoms with van der Waals surface area (Å²) in [7, 11) is -3.64. The van der Waals surface area contributed by atoms with Crippen molar-refractivity contribution >= 4 is 27.7 Å². The minimum absolute atomic E-state index is 0.0710. The molecule has 1 aliphatic rings. The molecule has 0 bridgehead atoms.